The lowest BCUT2D eigenvalue weighted by Gasteiger charge is -2.27. The first-order chi connectivity index (χ1) is 17.8. The molecule has 5 rings (SSSR count). The number of hydrogen-bond donors (Lipinski definition) is 1. The summed E-state index contributed by atoms with van der Waals surface area (Å²) < 4.78 is 6.13. The van der Waals surface area contributed by atoms with Gasteiger partial charge in [-0.3, -0.25) is 0 Å². The van der Waals surface area contributed by atoms with Gasteiger partial charge in [-0.1, -0.05) is 121 Å². The van der Waals surface area contributed by atoms with Crippen LogP contribution in [0, 0.1) is 0 Å². The number of nitrogens with two attached hydrogens (primary N) is 1. The third-order valence-corrected chi connectivity index (χ3v) is 6.68. The molecule has 0 spiro atoms. The van der Waals surface area contributed by atoms with E-state index in [4.69, 9.17) is 10.5 Å². The summed E-state index contributed by atoms with van der Waals surface area (Å²) in [6, 6.07) is 46.6. The van der Waals surface area contributed by atoms with Gasteiger partial charge in [0.2, 0.25) is 0 Å². The van der Waals surface area contributed by atoms with Gasteiger partial charge in [-0.15, -0.1) is 0 Å². The Morgan fingerprint density at radius 1 is 0.528 bits per heavy atom. The van der Waals surface area contributed by atoms with Crippen LogP contribution >= 0.6 is 0 Å². The minimum atomic E-state index is -0.0150. The number of ether oxygens (including phenoxy) is 1. The van der Waals surface area contributed by atoms with E-state index < -0.39 is 0 Å². The van der Waals surface area contributed by atoms with Gasteiger partial charge in [0, 0.05) is 17.5 Å². The lowest BCUT2D eigenvalue weighted by Crippen LogP contribution is -2.13. The Morgan fingerprint density at radius 2 is 0.833 bits per heavy atom. The van der Waals surface area contributed by atoms with Crippen molar-refractivity contribution in [3.05, 3.63) is 167 Å². The number of benzene rings is 5. The fraction of sp³-hybridized carbons (Fsp3) is 0.118. The summed E-state index contributed by atoms with van der Waals surface area (Å²) in [6.45, 7) is 2.61. The van der Waals surface area contributed by atoms with E-state index in [1.165, 1.54) is 22.3 Å². The highest BCUT2D eigenvalue weighted by molar-refractivity contribution is 5.67. The smallest absolute Gasteiger partial charge is 0.120 e. The van der Waals surface area contributed by atoms with Crippen molar-refractivity contribution in [2.45, 2.75) is 18.8 Å². The Bertz CT molecular complexity index is 1200. The molecule has 0 aromatic heterocycles. The van der Waals surface area contributed by atoms with Crippen molar-refractivity contribution in [3.8, 4) is 5.75 Å². The van der Waals surface area contributed by atoms with Crippen LogP contribution in [-0.2, 0) is 0 Å². The van der Waals surface area contributed by atoms with Crippen LogP contribution in [0.1, 0.15) is 52.1 Å². The zero-order chi connectivity index (χ0) is 24.7. The molecule has 0 amide bonds. The summed E-state index contributed by atoms with van der Waals surface area (Å²) in [6.07, 6.45) is 0. The van der Waals surface area contributed by atoms with Crippen molar-refractivity contribution >= 4 is 5.69 Å². The van der Waals surface area contributed by atoms with E-state index in [1.54, 1.807) is 0 Å². The molecule has 36 heavy (non-hydrogen) atoms. The number of anilines is 1. The van der Waals surface area contributed by atoms with Crippen LogP contribution in [0.15, 0.2) is 133 Å². The maximum atomic E-state index is 7.14. The molecule has 2 nitrogen and oxygen atoms in total. The van der Waals surface area contributed by atoms with Crippen molar-refractivity contribution in [3.63, 3.8) is 0 Å². The monoisotopic (exact) mass is 469 g/mol. The molecule has 2 heteroatoms. The third-order valence-electron chi connectivity index (χ3n) is 6.68. The van der Waals surface area contributed by atoms with E-state index in [-0.39, 0.29) is 11.8 Å². The first-order valence-corrected chi connectivity index (χ1v) is 12.5. The topological polar surface area (TPSA) is 35.2 Å². The van der Waals surface area contributed by atoms with Gasteiger partial charge in [-0.05, 0) is 52.4 Å². The van der Waals surface area contributed by atoms with E-state index >= 15 is 0 Å². The van der Waals surface area contributed by atoms with E-state index in [1.807, 2.05) is 6.92 Å². The molecule has 178 valence electrons. The van der Waals surface area contributed by atoms with Crippen LogP contribution in [0.4, 0.5) is 5.69 Å². The molecule has 0 fully saturated rings. The number of hydrogen-bond acceptors (Lipinski definition) is 2. The second-order valence-corrected chi connectivity index (χ2v) is 8.96. The second kappa shape index (κ2) is 11.0. The normalized spacial score (nSPS) is 11.1. The molecule has 0 saturated heterocycles. The minimum absolute atomic E-state index is 0.0150. The fourth-order valence-corrected chi connectivity index (χ4v) is 5.08. The summed E-state index contributed by atoms with van der Waals surface area (Å²) in [5.41, 5.74) is 14.9. The number of nitrogen functional groups attached to an aromatic ring is 1. The first kappa shape index (κ1) is 23.4. The Labute approximate surface area is 214 Å². The molecule has 2 N–H and O–H groups in total. The Hall–Kier alpha value is -4.30. The Morgan fingerprint density at radius 3 is 1.11 bits per heavy atom. The van der Waals surface area contributed by atoms with Crippen molar-refractivity contribution in [2.75, 3.05) is 12.3 Å². The molecule has 0 heterocycles. The van der Waals surface area contributed by atoms with E-state index in [2.05, 4.69) is 133 Å². The fourth-order valence-electron chi connectivity index (χ4n) is 5.08. The summed E-state index contributed by atoms with van der Waals surface area (Å²) >= 11 is 0. The van der Waals surface area contributed by atoms with E-state index in [0.29, 0.717) is 6.61 Å². The molecular weight excluding hydrogens is 438 g/mol. The lowest BCUT2D eigenvalue weighted by atomic mass is 9.79. The molecule has 0 unspecified atom stereocenters. The van der Waals surface area contributed by atoms with Gasteiger partial charge in [0.25, 0.3) is 0 Å². The van der Waals surface area contributed by atoms with Crippen LogP contribution < -0.4 is 10.5 Å². The third kappa shape index (κ3) is 4.89. The first-order valence-electron chi connectivity index (χ1n) is 12.5. The van der Waals surface area contributed by atoms with Gasteiger partial charge < -0.3 is 10.5 Å². The SMILES string of the molecule is CCOc1cc(C(c2ccccc2)c2ccccc2)c(N)c(C(c2ccccc2)c2ccccc2)c1. The molecule has 5 aromatic rings. The van der Waals surface area contributed by atoms with E-state index in [9.17, 15) is 0 Å². The van der Waals surface area contributed by atoms with Crippen LogP contribution in [0.5, 0.6) is 5.75 Å². The second-order valence-electron chi connectivity index (χ2n) is 8.96. The van der Waals surface area contributed by atoms with Gasteiger partial charge in [-0.25, -0.2) is 0 Å². The predicted molar refractivity (Wildman–Crippen MR) is 150 cm³/mol. The highest BCUT2D eigenvalue weighted by Gasteiger charge is 2.26. The maximum Gasteiger partial charge on any atom is 0.120 e. The van der Waals surface area contributed by atoms with Gasteiger partial charge in [0.1, 0.15) is 5.75 Å². The van der Waals surface area contributed by atoms with Crippen molar-refractivity contribution in [1.29, 1.82) is 0 Å². The molecule has 0 radical (unpaired) electrons. The molecule has 0 aliphatic heterocycles. The molecule has 5 aromatic carbocycles. The Kier molecular flexibility index (Phi) is 7.14. The summed E-state index contributed by atoms with van der Waals surface area (Å²) in [5, 5.41) is 0. The standard InChI is InChI=1S/C34H31NO/c1-2-36-29-23-30(32(25-15-7-3-8-16-25)26-17-9-4-10-18-26)34(35)31(24-29)33(27-19-11-5-12-20-27)28-21-13-6-14-22-28/h3-24,32-33H,2,35H2,1H3. The molecule has 0 saturated carbocycles. The van der Waals surface area contributed by atoms with Gasteiger partial charge in [-0.2, -0.15) is 0 Å². The van der Waals surface area contributed by atoms with Crippen molar-refractivity contribution in [1.82, 2.24) is 0 Å². The molecular formula is C34H31NO. The summed E-state index contributed by atoms with van der Waals surface area (Å²) in [4.78, 5) is 0. The minimum Gasteiger partial charge on any atom is -0.494 e. The van der Waals surface area contributed by atoms with Crippen LogP contribution in [0.2, 0.25) is 0 Å². The molecule has 0 bridgehead atoms. The summed E-state index contributed by atoms with van der Waals surface area (Å²) in [5.74, 6) is 0.808. The van der Waals surface area contributed by atoms with Crippen molar-refractivity contribution in [2.24, 2.45) is 0 Å². The quantitative estimate of drug-likeness (QED) is 0.184. The summed E-state index contributed by atoms with van der Waals surface area (Å²) in [7, 11) is 0. The van der Waals surface area contributed by atoms with E-state index in [0.717, 1.165) is 22.6 Å². The highest BCUT2D eigenvalue weighted by atomic mass is 16.5. The van der Waals surface area contributed by atoms with Crippen LogP contribution in [0.3, 0.4) is 0 Å². The largest absolute Gasteiger partial charge is 0.494 e. The highest BCUT2D eigenvalue weighted by Crippen LogP contribution is 2.44. The molecule has 0 atom stereocenters. The van der Waals surface area contributed by atoms with Crippen molar-refractivity contribution < 1.29 is 4.74 Å². The maximum absolute atomic E-state index is 7.14. The van der Waals surface area contributed by atoms with Crippen LogP contribution in [0.25, 0.3) is 0 Å². The lowest BCUT2D eigenvalue weighted by molar-refractivity contribution is 0.339. The predicted octanol–water partition coefficient (Wildman–Crippen LogP) is 8.03. The van der Waals surface area contributed by atoms with Gasteiger partial charge >= 0.3 is 0 Å². The Balaban J connectivity index is 1.77. The number of rotatable bonds is 8. The van der Waals surface area contributed by atoms with Gasteiger partial charge in [0.05, 0.1) is 6.61 Å². The average molecular weight is 470 g/mol. The van der Waals surface area contributed by atoms with Gasteiger partial charge in [0.15, 0.2) is 0 Å². The average Bonchev–Trinajstić information content (AvgIpc) is 2.94. The zero-order valence-electron chi connectivity index (χ0n) is 20.5. The van der Waals surface area contributed by atoms with Crippen LogP contribution in [-0.4, -0.2) is 6.61 Å². The molecule has 0 aliphatic carbocycles. The zero-order valence-corrected chi connectivity index (χ0v) is 20.5. The molecule has 0 aliphatic rings.